The molecule has 0 aromatic rings. The van der Waals surface area contributed by atoms with Crippen molar-refractivity contribution in [1.29, 1.82) is 0 Å². The molecule has 146 valence electrons. The lowest BCUT2D eigenvalue weighted by molar-refractivity contribution is -0.142. The second-order valence-electron chi connectivity index (χ2n) is 7.52. The zero-order valence-corrected chi connectivity index (χ0v) is 17.2. The summed E-state index contributed by atoms with van der Waals surface area (Å²) in [6.07, 6.45) is 23.3. The molecule has 2 unspecified atom stereocenters. The van der Waals surface area contributed by atoms with E-state index in [1.165, 1.54) is 77.0 Å². The zero-order chi connectivity index (χ0) is 18.2. The van der Waals surface area contributed by atoms with E-state index in [0.717, 1.165) is 25.0 Å². The van der Waals surface area contributed by atoms with Crippen LogP contribution in [-0.2, 0) is 4.79 Å². The first-order valence-electron chi connectivity index (χ1n) is 10.7. The molecule has 1 fully saturated rings. The quantitative estimate of drug-likeness (QED) is 0.230. The summed E-state index contributed by atoms with van der Waals surface area (Å²) in [6, 6.07) is 0. The summed E-state index contributed by atoms with van der Waals surface area (Å²) >= 11 is 1.88. The molecular formula is C22H40O2S. The highest BCUT2D eigenvalue weighted by Gasteiger charge is 2.30. The van der Waals surface area contributed by atoms with Crippen LogP contribution in [0.3, 0.4) is 0 Å². The van der Waals surface area contributed by atoms with E-state index in [9.17, 15) is 9.90 Å². The molecule has 1 heterocycles. The van der Waals surface area contributed by atoms with Crippen molar-refractivity contribution in [1.82, 2.24) is 0 Å². The smallest absolute Gasteiger partial charge is 0.307 e. The fourth-order valence-electron chi connectivity index (χ4n) is 3.65. The van der Waals surface area contributed by atoms with Crippen molar-refractivity contribution in [3.8, 4) is 0 Å². The Balaban J connectivity index is 1.90. The molecule has 0 spiro atoms. The van der Waals surface area contributed by atoms with Gasteiger partial charge in [0.05, 0.1) is 5.92 Å². The predicted octanol–water partition coefficient (Wildman–Crippen LogP) is 7.23. The number of hydrogen-bond donors (Lipinski definition) is 1. The van der Waals surface area contributed by atoms with Gasteiger partial charge in [-0.15, -0.1) is 0 Å². The second-order valence-corrected chi connectivity index (χ2v) is 8.86. The molecular weight excluding hydrogens is 328 g/mol. The molecule has 2 atom stereocenters. The van der Waals surface area contributed by atoms with Crippen molar-refractivity contribution in [3.63, 3.8) is 0 Å². The Hall–Kier alpha value is -0.440. The van der Waals surface area contributed by atoms with Crippen LogP contribution in [0, 0.1) is 5.92 Å². The van der Waals surface area contributed by atoms with Crippen LogP contribution in [0.5, 0.6) is 0 Å². The minimum Gasteiger partial charge on any atom is -0.481 e. The van der Waals surface area contributed by atoms with Crippen LogP contribution in [0.4, 0.5) is 0 Å². The topological polar surface area (TPSA) is 37.3 Å². The summed E-state index contributed by atoms with van der Waals surface area (Å²) in [5, 5.41) is 9.79. The van der Waals surface area contributed by atoms with Gasteiger partial charge in [-0.25, -0.2) is 0 Å². The summed E-state index contributed by atoms with van der Waals surface area (Å²) in [6.45, 7) is 2.27. The molecule has 0 aromatic carbocycles. The fraction of sp³-hybridized carbons (Fsp3) is 0.864. The summed E-state index contributed by atoms with van der Waals surface area (Å²) in [4.78, 5) is 11.4. The summed E-state index contributed by atoms with van der Waals surface area (Å²) in [7, 11) is 0. The van der Waals surface area contributed by atoms with Gasteiger partial charge >= 0.3 is 5.97 Å². The zero-order valence-electron chi connectivity index (χ0n) is 16.4. The predicted molar refractivity (Wildman–Crippen MR) is 111 cm³/mol. The SMILES string of the molecule is CCCCCCCC/C=C\CCCCCCC(C(=O)O)C1CCCS1. The molecule has 1 aliphatic heterocycles. The van der Waals surface area contributed by atoms with Crippen molar-refractivity contribution in [2.75, 3.05) is 5.75 Å². The van der Waals surface area contributed by atoms with E-state index in [4.69, 9.17) is 0 Å². The Labute approximate surface area is 160 Å². The number of carboxylic acid groups (broad SMARTS) is 1. The largest absolute Gasteiger partial charge is 0.481 e. The maximum absolute atomic E-state index is 11.4. The molecule has 1 aliphatic rings. The van der Waals surface area contributed by atoms with Gasteiger partial charge in [-0.2, -0.15) is 11.8 Å². The Morgan fingerprint density at radius 2 is 1.60 bits per heavy atom. The standard InChI is InChI=1S/C22H40O2S/c1-2-3-4-5-6-7-8-9-10-11-12-13-14-15-17-20(22(23)24)21-18-16-19-25-21/h9-10,20-21H,2-8,11-19H2,1H3,(H,23,24)/b10-9-. The first-order chi connectivity index (χ1) is 12.3. The highest BCUT2D eigenvalue weighted by molar-refractivity contribution is 8.00. The van der Waals surface area contributed by atoms with Gasteiger partial charge in [0.1, 0.15) is 0 Å². The van der Waals surface area contributed by atoms with Crippen LogP contribution in [-0.4, -0.2) is 22.1 Å². The van der Waals surface area contributed by atoms with Gasteiger partial charge in [-0.1, -0.05) is 70.4 Å². The van der Waals surface area contributed by atoms with E-state index in [1.807, 2.05) is 11.8 Å². The number of unbranched alkanes of at least 4 members (excludes halogenated alkanes) is 10. The average molecular weight is 369 g/mol. The lowest BCUT2D eigenvalue weighted by Gasteiger charge is -2.18. The van der Waals surface area contributed by atoms with Crippen molar-refractivity contribution in [2.24, 2.45) is 5.92 Å². The Kier molecular flexibility index (Phi) is 14.3. The summed E-state index contributed by atoms with van der Waals surface area (Å²) in [5.74, 6) is 0.473. The first-order valence-corrected chi connectivity index (χ1v) is 11.8. The first kappa shape index (κ1) is 22.6. The lowest BCUT2D eigenvalue weighted by Crippen LogP contribution is -2.24. The molecule has 1 N–H and O–H groups in total. The number of carbonyl (C=O) groups is 1. The van der Waals surface area contributed by atoms with E-state index >= 15 is 0 Å². The van der Waals surface area contributed by atoms with Crippen molar-refractivity contribution in [3.05, 3.63) is 12.2 Å². The Morgan fingerprint density at radius 1 is 1.00 bits per heavy atom. The summed E-state index contributed by atoms with van der Waals surface area (Å²) < 4.78 is 0. The van der Waals surface area contributed by atoms with Crippen LogP contribution in [0.15, 0.2) is 12.2 Å². The van der Waals surface area contributed by atoms with E-state index in [2.05, 4.69) is 19.1 Å². The highest BCUT2D eigenvalue weighted by atomic mass is 32.2. The van der Waals surface area contributed by atoms with E-state index < -0.39 is 5.97 Å². The number of thioether (sulfide) groups is 1. The van der Waals surface area contributed by atoms with Gasteiger partial charge in [0.15, 0.2) is 0 Å². The number of rotatable bonds is 16. The van der Waals surface area contributed by atoms with Gasteiger partial charge in [-0.05, 0) is 50.7 Å². The number of carboxylic acids is 1. The maximum atomic E-state index is 11.4. The van der Waals surface area contributed by atoms with E-state index in [0.29, 0.717) is 5.25 Å². The molecule has 0 saturated carbocycles. The van der Waals surface area contributed by atoms with Crippen LogP contribution in [0.1, 0.15) is 103 Å². The van der Waals surface area contributed by atoms with Crippen LogP contribution in [0.2, 0.25) is 0 Å². The number of allylic oxidation sites excluding steroid dienone is 2. The van der Waals surface area contributed by atoms with Gasteiger partial charge in [0.25, 0.3) is 0 Å². The highest BCUT2D eigenvalue weighted by Crippen LogP contribution is 2.34. The second kappa shape index (κ2) is 15.8. The van der Waals surface area contributed by atoms with Crippen molar-refractivity contribution >= 4 is 17.7 Å². The molecule has 3 heteroatoms. The van der Waals surface area contributed by atoms with E-state index in [1.54, 1.807) is 0 Å². The molecule has 0 radical (unpaired) electrons. The minimum atomic E-state index is -0.572. The van der Waals surface area contributed by atoms with Crippen molar-refractivity contribution < 1.29 is 9.90 Å². The number of aliphatic carboxylic acids is 1. The van der Waals surface area contributed by atoms with Crippen molar-refractivity contribution in [2.45, 2.75) is 108 Å². The van der Waals surface area contributed by atoms with E-state index in [-0.39, 0.29) is 5.92 Å². The Morgan fingerprint density at radius 3 is 2.16 bits per heavy atom. The molecule has 0 aromatic heterocycles. The fourth-order valence-corrected chi connectivity index (χ4v) is 5.10. The van der Waals surface area contributed by atoms with Crippen LogP contribution >= 0.6 is 11.8 Å². The summed E-state index contributed by atoms with van der Waals surface area (Å²) in [5.41, 5.74) is 0. The molecule has 0 aliphatic carbocycles. The molecule has 2 nitrogen and oxygen atoms in total. The maximum Gasteiger partial charge on any atom is 0.307 e. The number of hydrogen-bond acceptors (Lipinski definition) is 2. The third-order valence-electron chi connectivity index (χ3n) is 5.26. The van der Waals surface area contributed by atoms with Gasteiger partial charge in [-0.3, -0.25) is 4.79 Å². The minimum absolute atomic E-state index is 0.107. The van der Waals surface area contributed by atoms with Gasteiger partial charge < -0.3 is 5.11 Å². The molecule has 0 bridgehead atoms. The lowest BCUT2D eigenvalue weighted by atomic mass is 9.95. The average Bonchev–Trinajstić information content (AvgIpc) is 3.12. The van der Waals surface area contributed by atoms with Crippen LogP contribution < -0.4 is 0 Å². The molecule has 1 saturated heterocycles. The molecule has 0 amide bonds. The van der Waals surface area contributed by atoms with Gasteiger partial charge in [0.2, 0.25) is 0 Å². The molecule has 25 heavy (non-hydrogen) atoms. The third kappa shape index (κ3) is 11.7. The van der Waals surface area contributed by atoms with Gasteiger partial charge in [0, 0.05) is 5.25 Å². The molecule has 1 rings (SSSR count). The normalized spacial score (nSPS) is 18.8. The third-order valence-corrected chi connectivity index (χ3v) is 6.77. The monoisotopic (exact) mass is 368 g/mol. The van der Waals surface area contributed by atoms with Crippen LogP contribution in [0.25, 0.3) is 0 Å². The Bertz CT molecular complexity index is 348.